The topological polar surface area (TPSA) is 115 Å². The lowest BCUT2D eigenvalue weighted by Gasteiger charge is -2.04. The number of aromatic amines is 1. The second-order valence-electron chi connectivity index (χ2n) is 6.30. The van der Waals surface area contributed by atoms with E-state index in [9.17, 15) is 9.90 Å². The van der Waals surface area contributed by atoms with Gasteiger partial charge in [0.1, 0.15) is 5.69 Å². The molecule has 0 atom stereocenters. The van der Waals surface area contributed by atoms with Gasteiger partial charge in [0.25, 0.3) is 0 Å². The molecule has 0 saturated heterocycles. The number of fused-ring (bicyclic) bond motifs is 1. The summed E-state index contributed by atoms with van der Waals surface area (Å²) in [6.45, 7) is 2.02. The number of pyridine rings is 1. The number of aliphatic imine (C=N–C) groups is 1. The van der Waals surface area contributed by atoms with E-state index in [4.69, 9.17) is 0 Å². The lowest BCUT2D eigenvalue weighted by Crippen LogP contribution is -2.06. The van der Waals surface area contributed by atoms with E-state index < -0.39 is 0 Å². The Hall–Kier alpha value is -3.94. The maximum Gasteiger partial charge on any atom is 0.238 e. The van der Waals surface area contributed by atoms with Gasteiger partial charge < -0.3 is 20.7 Å². The number of H-pyrrole nitrogens is 1. The van der Waals surface area contributed by atoms with Crippen molar-refractivity contribution in [3.05, 3.63) is 59.4 Å². The highest BCUT2D eigenvalue weighted by Crippen LogP contribution is 2.33. The van der Waals surface area contributed by atoms with Crippen molar-refractivity contribution in [3.63, 3.8) is 0 Å². The fraction of sp³-hybridized carbons (Fsp3) is 0.100. The minimum atomic E-state index is -0.175. The van der Waals surface area contributed by atoms with Gasteiger partial charge in [0.2, 0.25) is 17.7 Å². The summed E-state index contributed by atoms with van der Waals surface area (Å²) in [6, 6.07) is 11.7. The lowest BCUT2D eigenvalue weighted by atomic mass is 10.1. The van der Waals surface area contributed by atoms with Crippen LogP contribution in [0.15, 0.2) is 47.6 Å². The first-order chi connectivity index (χ1) is 13.6. The summed E-state index contributed by atoms with van der Waals surface area (Å²) in [5.74, 6) is 0.734. The Kier molecular flexibility index (Phi) is 4.59. The van der Waals surface area contributed by atoms with Crippen LogP contribution in [0.3, 0.4) is 0 Å². The first-order valence-electron chi connectivity index (χ1n) is 8.69. The molecule has 8 nitrogen and oxygen atoms in total. The minimum absolute atomic E-state index is 0.115. The molecule has 4 N–H and O–H groups in total. The minimum Gasteiger partial charge on any atom is -0.492 e. The quantitative estimate of drug-likeness (QED) is 0.547. The number of imidazole rings is 1. The van der Waals surface area contributed by atoms with Crippen molar-refractivity contribution in [2.24, 2.45) is 4.99 Å². The number of hydrogen-bond donors (Lipinski definition) is 4. The number of carbonyl (C=O) groups excluding carboxylic acids is 1. The van der Waals surface area contributed by atoms with Gasteiger partial charge in [0, 0.05) is 30.8 Å². The van der Waals surface area contributed by atoms with Gasteiger partial charge in [-0.15, -0.1) is 0 Å². The van der Waals surface area contributed by atoms with Crippen molar-refractivity contribution >= 4 is 41.2 Å². The average Bonchev–Trinajstić information content (AvgIpc) is 3.24. The van der Waals surface area contributed by atoms with Crippen LogP contribution in [-0.2, 0) is 11.3 Å². The van der Waals surface area contributed by atoms with Gasteiger partial charge in [0.15, 0.2) is 5.82 Å². The molecule has 1 aromatic carbocycles. The van der Waals surface area contributed by atoms with Crippen LogP contribution < -0.4 is 10.6 Å². The van der Waals surface area contributed by atoms with E-state index in [-0.39, 0.29) is 11.8 Å². The van der Waals surface area contributed by atoms with Gasteiger partial charge in [-0.25, -0.2) is 9.98 Å². The summed E-state index contributed by atoms with van der Waals surface area (Å²) in [5, 5.41) is 16.0. The Morgan fingerprint density at radius 2 is 2.11 bits per heavy atom. The monoisotopic (exact) mass is 374 g/mol. The number of rotatable bonds is 5. The Labute approximate surface area is 161 Å². The SMILES string of the molecule is CC(=O)Nc1cnc2c(c1)C(=Cc1[nH]c(NCc3ccccc3)nc1O)C=N2. The van der Waals surface area contributed by atoms with Gasteiger partial charge >= 0.3 is 0 Å². The van der Waals surface area contributed by atoms with Crippen LogP contribution in [-0.4, -0.2) is 32.2 Å². The van der Waals surface area contributed by atoms with E-state index >= 15 is 0 Å². The molecule has 8 heteroatoms. The van der Waals surface area contributed by atoms with Crippen molar-refractivity contribution in [3.8, 4) is 5.88 Å². The van der Waals surface area contributed by atoms with Crippen LogP contribution in [0.1, 0.15) is 23.7 Å². The zero-order chi connectivity index (χ0) is 19.5. The van der Waals surface area contributed by atoms with Crippen molar-refractivity contribution in [2.75, 3.05) is 10.6 Å². The molecule has 0 unspecified atom stereocenters. The normalized spacial score (nSPS) is 13.5. The number of nitrogens with one attached hydrogen (secondary N) is 3. The molecular weight excluding hydrogens is 356 g/mol. The molecule has 0 aliphatic carbocycles. The van der Waals surface area contributed by atoms with E-state index in [1.165, 1.54) is 6.92 Å². The molecule has 0 radical (unpaired) electrons. The average molecular weight is 374 g/mol. The van der Waals surface area contributed by atoms with Gasteiger partial charge in [-0.1, -0.05) is 30.3 Å². The zero-order valence-corrected chi connectivity index (χ0v) is 15.1. The fourth-order valence-electron chi connectivity index (χ4n) is 2.86. The summed E-state index contributed by atoms with van der Waals surface area (Å²) in [4.78, 5) is 26.9. The second-order valence-corrected chi connectivity index (χ2v) is 6.30. The van der Waals surface area contributed by atoms with Crippen LogP contribution in [0.4, 0.5) is 17.5 Å². The highest BCUT2D eigenvalue weighted by molar-refractivity contribution is 6.21. The molecule has 0 bridgehead atoms. The molecule has 0 saturated carbocycles. The predicted molar refractivity (Wildman–Crippen MR) is 109 cm³/mol. The Morgan fingerprint density at radius 1 is 1.29 bits per heavy atom. The molecule has 1 aliphatic heterocycles. The molecule has 140 valence electrons. The highest BCUT2D eigenvalue weighted by atomic mass is 16.3. The molecule has 3 aromatic rings. The van der Waals surface area contributed by atoms with Crippen LogP contribution in [0.25, 0.3) is 11.6 Å². The third-order valence-corrected chi connectivity index (χ3v) is 4.14. The number of carbonyl (C=O) groups is 1. The molecule has 28 heavy (non-hydrogen) atoms. The Morgan fingerprint density at radius 3 is 2.89 bits per heavy atom. The van der Waals surface area contributed by atoms with Crippen LogP contribution in [0, 0.1) is 0 Å². The lowest BCUT2D eigenvalue weighted by molar-refractivity contribution is -0.114. The van der Waals surface area contributed by atoms with E-state index in [2.05, 4.69) is 30.6 Å². The maximum atomic E-state index is 11.3. The first-order valence-corrected chi connectivity index (χ1v) is 8.69. The Balaban J connectivity index is 1.55. The fourth-order valence-corrected chi connectivity index (χ4v) is 2.86. The number of amides is 1. The largest absolute Gasteiger partial charge is 0.492 e. The van der Waals surface area contributed by atoms with Gasteiger partial charge in [0.05, 0.1) is 11.9 Å². The molecular formula is C20H18N6O2. The summed E-state index contributed by atoms with van der Waals surface area (Å²) < 4.78 is 0. The third-order valence-electron chi connectivity index (χ3n) is 4.14. The van der Waals surface area contributed by atoms with Crippen molar-refractivity contribution in [2.45, 2.75) is 13.5 Å². The van der Waals surface area contributed by atoms with Crippen LogP contribution in [0.5, 0.6) is 5.88 Å². The number of nitrogens with zero attached hydrogens (tertiary/aromatic N) is 3. The summed E-state index contributed by atoms with van der Waals surface area (Å²) in [7, 11) is 0. The zero-order valence-electron chi connectivity index (χ0n) is 15.1. The van der Waals surface area contributed by atoms with E-state index in [1.807, 2.05) is 30.3 Å². The number of hydrogen-bond acceptors (Lipinski definition) is 6. The van der Waals surface area contributed by atoms with Crippen molar-refractivity contribution in [1.29, 1.82) is 0 Å². The summed E-state index contributed by atoms with van der Waals surface area (Å²) >= 11 is 0. The van der Waals surface area contributed by atoms with Crippen LogP contribution in [0.2, 0.25) is 0 Å². The standard InChI is InChI=1S/C20H18N6O2/c1-12(27)24-15-8-16-14(10-21-18(16)22-11-15)7-17-19(28)26-20(25-17)23-9-13-5-3-2-4-6-13/h2-8,10-11,28H,9H2,1H3,(H,24,27)(H2,23,25,26). The van der Waals surface area contributed by atoms with Gasteiger partial charge in [-0.05, 0) is 17.7 Å². The van der Waals surface area contributed by atoms with Crippen molar-refractivity contribution < 1.29 is 9.90 Å². The maximum absolute atomic E-state index is 11.3. The second kappa shape index (κ2) is 7.36. The number of allylic oxidation sites excluding steroid dienone is 1. The molecule has 1 amide bonds. The number of aromatic hydroxyl groups is 1. The molecule has 0 fully saturated rings. The van der Waals surface area contributed by atoms with E-state index in [0.29, 0.717) is 29.7 Å². The smallest absolute Gasteiger partial charge is 0.238 e. The third kappa shape index (κ3) is 3.75. The molecule has 3 heterocycles. The molecule has 1 aliphatic rings. The Bertz CT molecular complexity index is 1090. The van der Waals surface area contributed by atoms with Gasteiger partial charge in [-0.2, -0.15) is 4.98 Å². The number of anilines is 2. The van der Waals surface area contributed by atoms with Gasteiger partial charge in [-0.3, -0.25) is 4.79 Å². The summed E-state index contributed by atoms with van der Waals surface area (Å²) in [6.07, 6.45) is 4.96. The molecule has 2 aromatic heterocycles. The van der Waals surface area contributed by atoms with E-state index in [1.54, 1.807) is 24.6 Å². The molecule has 0 spiro atoms. The number of benzene rings is 1. The highest BCUT2D eigenvalue weighted by Gasteiger charge is 2.16. The van der Waals surface area contributed by atoms with Crippen LogP contribution >= 0.6 is 0 Å². The van der Waals surface area contributed by atoms with E-state index in [0.717, 1.165) is 16.7 Å². The summed E-state index contributed by atoms with van der Waals surface area (Å²) in [5.41, 5.74) is 3.66. The first kappa shape index (κ1) is 17.5. The number of aromatic nitrogens is 3. The molecule has 4 rings (SSSR count). The van der Waals surface area contributed by atoms with Crippen molar-refractivity contribution in [1.82, 2.24) is 15.0 Å². The predicted octanol–water partition coefficient (Wildman–Crippen LogP) is 3.34.